The quantitative estimate of drug-likeness (QED) is 0.551. The van der Waals surface area contributed by atoms with Crippen LogP contribution in [-0.2, 0) is 9.53 Å². The highest BCUT2D eigenvalue weighted by atomic mass is 19.1. The Morgan fingerprint density at radius 3 is 2.66 bits per heavy atom. The average Bonchev–Trinajstić information content (AvgIpc) is 3.50. The Kier molecular flexibility index (Phi) is 4.09. The minimum absolute atomic E-state index is 0.0188. The molecule has 2 unspecified atom stereocenters. The van der Waals surface area contributed by atoms with Gasteiger partial charge in [-0.3, -0.25) is 4.79 Å². The molecule has 1 N–H and O–H groups in total. The molecule has 0 aromatic heterocycles. The Labute approximate surface area is 187 Å². The number of halogens is 1. The van der Waals surface area contributed by atoms with Gasteiger partial charge < -0.3 is 14.6 Å². The van der Waals surface area contributed by atoms with Crippen LogP contribution in [0.1, 0.15) is 39.5 Å². The normalized spacial score (nSPS) is 46.5. The minimum Gasteiger partial charge on any atom is -0.457 e. The van der Waals surface area contributed by atoms with Crippen molar-refractivity contribution in [3.63, 3.8) is 0 Å². The summed E-state index contributed by atoms with van der Waals surface area (Å²) in [5.41, 5.74) is -0.435. The summed E-state index contributed by atoms with van der Waals surface area (Å²) in [6.07, 6.45) is 8.37. The van der Waals surface area contributed by atoms with Crippen LogP contribution in [0.25, 0.3) is 0 Å². The number of rotatable bonds is 3. The van der Waals surface area contributed by atoms with Gasteiger partial charge in [-0.05, 0) is 74.3 Å². The SMILES string of the molecule is C[C@]12C=CC(=O)C=C1C(F)C[C@@H]1C2=CC[C@@]2(C)[C@H]1CC[C@]2(O)C1(Oc2ccccc2)CO1. The molecule has 6 rings (SSSR count). The number of fused-ring (bicyclic) bond motifs is 5. The van der Waals surface area contributed by atoms with Crippen molar-refractivity contribution in [3.8, 4) is 5.75 Å². The van der Waals surface area contributed by atoms with Crippen LogP contribution < -0.4 is 4.74 Å². The van der Waals surface area contributed by atoms with Gasteiger partial charge in [0, 0.05) is 10.8 Å². The highest BCUT2D eigenvalue weighted by molar-refractivity contribution is 6.01. The van der Waals surface area contributed by atoms with Crippen LogP contribution >= 0.6 is 0 Å². The van der Waals surface area contributed by atoms with E-state index in [9.17, 15) is 9.90 Å². The molecule has 5 aliphatic rings. The Balaban J connectivity index is 1.38. The number of ketones is 1. The van der Waals surface area contributed by atoms with Gasteiger partial charge in [0.05, 0.1) is 0 Å². The number of carbonyl (C=O) groups excluding carboxylic acids is 1. The molecule has 5 heteroatoms. The summed E-state index contributed by atoms with van der Waals surface area (Å²) in [5, 5.41) is 12.1. The molecule has 0 spiro atoms. The van der Waals surface area contributed by atoms with Gasteiger partial charge >= 0.3 is 0 Å². The minimum atomic E-state index is -1.16. The molecular formula is C27H29FO4. The van der Waals surface area contributed by atoms with Crippen LogP contribution in [0.4, 0.5) is 4.39 Å². The summed E-state index contributed by atoms with van der Waals surface area (Å²) in [6, 6.07) is 9.49. The van der Waals surface area contributed by atoms with Crippen molar-refractivity contribution in [2.45, 2.75) is 57.1 Å². The molecule has 1 aromatic carbocycles. The van der Waals surface area contributed by atoms with E-state index in [4.69, 9.17) is 9.47 Å². The molecule has 1 aromatic rings. The lowest BCUT2D eigenvalue weighted by Gasteiger charge is -2.55. The second-order valence-corrected chi connectivity index (χ2v) is 10.6. The van der Waals surface area contributed by atoms with Gasteiger partial charge in [0.25, 0.3) is 5.79 Å². The predicted octanol–water partition coefficient (Wildman–Crippen LogP) is 4.70. The van der Waals surface area contributed by atoms with E-state index in [0.29, 0.717) is 37.2 Å². The first-order chi connectivity index (χ1) is 15.2. The number of hydrogen-bond acceptors (Lipinski definition) is 4. The third-order valence-electron chi connectivity index (χ3n) is 9.15. The Morgan fingerprint density at radius 1 is 1.19 bits per heavy atom. The van der Waals surface area contributed by atoms with Crippen LogP contribution in [-0.4, -0.2) is 35.1 Å². The molecule has 4 nitrogen and oxygen atoms in total. The molecule has 7 atom stereocenters. The van der Waals surface area contributed by atoms with Crippen LogP contribution in [0.2, 0.25) is 0 Å². The highest BCUT2D eigenvalue weighted by Crippen LogP contribution is 2.68. The Bertz CT molecular complexity index is 1070. The molecule has 1 saturated heterocycles. The predicted molar refractivity (Wildman–Crippen MR) is 118 cm³/mol. The second kappa shape index (κ2) is 6.42. The van der Waals surface area contributed by atoms with E-state index >= 15 is 4.39 Å². The maximum absolute atomic E-state index is 15.4. The third-order valence-corrected chi connectivity index (χ3v) is 9.15. The summed E-state index contributed by atoms with van der Waals surface area (Å²) in [6.45, 7) is 4.50. The lowest BCUT2D eigenvalue weighted by molar-refractivity contribution is -0.192. The van der Waals surface area contributed by atoms with E-state index in [-0.39, 0.29) is 17.6 Å². The molecule has 0 bridgehead atoms. The first-order valence-corrected chi connectivity index (χ1v) is 11.6. The number of benzene rings is 1. The standard InChI is InChI=1S/C27H29FO4/c1-24-11-8-17(29)14-22(24)23(28)15-19-20(24)9-12-25(2)21(19)10-13-26(25,30)27(16-31-27)32-18-6-4-3-5-7-18/h3-9,11,14,19,21,23,30H,10,12-13,15-16H2,1-2H3/t19-,21+,23?,24-,25+,26-,27?/m1/s1. The number of allylic oxidation sites excluding steroid dienone is 6. The second-order valence-electron chi connectivity index (χ2n) is 10.6. The van der Waals surface area contributed by atoms with Crippen molar-refractivity contribution in [3.05, 3.63) is 65.8 Å². The van der Waals surface area contributed by atoms with Gasteiger partial charge in [-0.1, -0.05) is 42.8 Å². The lowest BCUT2D eigenvalue weighted by atomic mass is 9.51. The molecular weight excluding hydrogens is 407 g/mol. The van der Waals surface area contributed by atoms with Crippen molar-refractivity contribution in [2.75, 3.05) is 6.61 Å². The van der Waals surface area contributed by atoms with E-state index < -0.39 is 28.4 Å². The number of ether oxygens (including phenoxy) is 2. The van der Waals surface area contributed by atoms with Crippen molar-refractivity contribution in [1.29, 1.82) is 0 Å². The van der Waals surface area contributed by atoms with Gasteiger partial charge in [0.1, 0.15) is 24.1 Å². The molecule has 1 heterocycles. The molecule has 168 valence electrons. The number of hydrogen-bond donors (Lipinski definition) is 1. The molecule has 3 fully saturated rings. The lowest BCUT2D eigenvalue weighted by Crippen LogP contribution is -2.60. The summed E-state index contributed by atoms with van der Waals surface area (Å²) >= 11 is 0. The largest absolute Gasteiger partial charge is 0.457 e. The summed E-state index contributed by atoms with van der Waals surface area (Å²) in [7, 11) is 0. The number of alkyl halides is 1. The first kappa shape index (κ1) is 20.4. The van der Waals surface area contributed by atoms with Crippen LogP contribution in [0.15, 0.2) is 65.8 Å². The fourth-order valence-electron chi connectivity index (χ4n) is 7.30. The molecule has 0 amide bonds. The van der Waals surface area contributed by atoms with Crippen LogP contribution in [0.3, 0.4) is 0 Å². The van der Waals surface area contributed by atoms with Crippen LogP contribution in [0.5, 0.6) is 5.75 Å². The topological polar surface area (TPSA) is 59.1 Å². The van der Waals surface area contributed by atoms with E-state index in [0.717, 1.165) is 6.42 Å². The van der Waals surface area contributed by atoms with Gasteiger partial charge in [-0.15, -0.1) is 0 Å². The molecule has 0 radical (unpaired) electrons. The number of epoxide rings is 1. The zero-order valence-electron chi connectivity index (χ0n) is 18.5. The van der Waals surface area contributed by atoms with E-state index in [1.165, 1.54) is 11.6 Å². The smallest absolute Gasteiger partial charge is 0.264 e. The molecule has 4 aliphatic carbocycles. The maximum atomic E-state index is 15.4. The van der Waals surface area contributed by atoms with E-state index in [1.54, 1.807) is 6.08 Å². The highest BCUT2D eigenvalue weighted by Gasteiger charge is 2.76. The molecule has 2 saturated carbocycles. The van der Waals surface area contributed by atoms with Gasteiger partial charge in [-0.2, -0.15) is 0 Å². The molecule has 32 heavy (non-hydrogen) atoms. The summed E-state index contributed by atoms with van der Waals surface area (Å²) < 4.78 is 27.5. The van der Waals surface area contributed by atoms with Crippen LogP contribution in [0, 0.1) is 22.7 Å². The van der Waals surface area contributed by atoms with E-state index in [1.807, 2.05) is 43.3 Å². The Morgan fingerprint density at radius 2 is 1.94 bits per heavy atom. The average molecular weight is 437 g/mol. The fraction of sp³-hybridized carbons (Fsp3) is 0.519. The van der Waals surface area contributed by atoms with Crippen molar-refractivity contribution in [1.82, 2.24) is 0 Å². The number of para-hydroxylation sites is 1. The Hall–Kier alpha value is -2.24. The molecule has 1 aliphatic heterocycles. The zero-order chi connectivity index (χ0) is 22.4. The van der Waals surface area contributed by atoms with Crippen molar-refractivity contribution >= 4 is 5.78 Å². The van der Waals surface area contributed by atoms with E-state index in [2.05, 4.69) is 13.0 Å². The van der Waals surface area contributed by atoms with Gasteiger partial charge in [0.15, 0.2) is 5.78 Å². The first-order valence-electron chi connectivity index (χ1n) is 11.6. The maximum Gasteiger partial charge on any atom is 0.264 e. The number of aliphatic hydroxyl groups is 1. The summed E-state index contributed by atoms with van der Waals surface area (Å²) in [4.78, 5) is 11.9. The number of carbonyl (C=O) groups is 1. The summed E-state index contributed by atoms with van der Waals surface area (Å²) in [5.74, 6) is -0.376. The zero-order valence-corrected chi connectivity index (χ0v) is 18.5. The van der Waals surface area contributed by atoms with Crippen molar-refractivity contribution in [2.24, 2.45) is 22.7 Å². The third kappa shape index (κ3) is 2.47. The van der Waals surface area contributed by atoms with Crippen molar-refractivity contribution < 1.29 is 23.8 Å². The fourth-order valence-corrected chi connectivity index (χ4v) is 7.30. The monoisotopic (exact) mass is 436 g/mol. The van der Waals surface area contributed by atoms with Gasteiger partial charge in [-0.25, -0.2) is 4.39 Å². The van der Waals surface area contributed by atoms with Gasteiger partial charge in [0.2, 0.25) is 0 Å².